The van der Waals surface area contributed by atoms with E-state index in [4.69, 9.17) is 11.0 Å². The predicted molar refractivity (Wildman–Crippen MR) is 66.0 cm³/mol. The highest BCUT2D eigenvalue weighted by Gasteiger charge is 2.22. The minimum Gasteiger partial charge on any atom is -0.396 e. The molecule has 1 aromatic rings. The van der Waals surface area contributed by atoms with Crippen LogP contribution in [0.2, 0.25) is 0 Å². The molecule has 1 heterocycles. The van der Waals surface area contributed by atoms with Crippen molar-refractivity contribution in [2.24, 2.45) is 0 Å². The zero-order valence-corrected chi connectivity index (χ0v) is 10.6. The number of hydrogen-bond donors (Lipinski definition) is 2. The molecule has 18 heavy (non-hydrogen) atoms. The number of carbonyl (C=O) groups is 1. The van der Waals surface area contributed by atoms with Gasteiger partial charge in [-0.15, -0.1) is 11.3 Å². The van der Waals surface area contributed by atoms with Crippen LogP contribution in [-0.4, -0.2) is 37.9 Å². The zero-order valence-electron chi connectivity index (χ0n) is 9.83. The fourth-order valence-electron chi connectivity index (χ4n) is 1.21. The molecule has 5 nitrogen and oxygen atoms in total. The number of nitrogens with two attached hydrogens (primary N) is 1. The van der Waals surface area contributed by atoms with Gasteiger partial charge in [0.25, 0.3) is 12.3 Å². The molecule has 0 bridgehead atoms. The molecule has 0 unspecified atom stereocenters. The Morgan fingerprint density at radius 3 is 2.67 bits per heavy atom. The molecule has 0 aromatic carbocycles. The maximum Gasteiger partial charge on any atom is 0.265 e. The number of halogens is 2. The van der Waals surface area contributed by atoms with E-state index >= 15 is 0 Å². The average Bonchev–Trinajstić information content (AvgIpc) is 2.61. The van der Waals surface area contributed by atoms with Crippen LogP contribution in [0.25, 0.3) is 0 Å². The summed E-state index contributed by atoms with van der Waals surface area (Å²) >= 11 is 0.906. The standard InChI is InChI=1S/C10H12F2N4OS/c1-16(2)10(17)8-7(14)5(3-13)9(18-8)15-4-6(11)12/h6,15H,4,14H2,1-2H3. The number of thiophene rings is 1. The summed E-state index contributed by atoms with van der Waals surface area (Å²) in [6.45, 7) is -0.593. The van der Waals surface area contributed by atoms with Gasteiger partial charge in [-0.2, -0.15) is 5.26 Å². The second-order valence-corrected chi connectivity index (χ2v) is 4.65. The van der Waals surface area contributed by atoms with E-state index in [0.717, 1.165) is 11.3 Å². The minimum atomic E-state index is -2.55. The largest absolute Gasteiger partial charge is 0.396 e. The monoisotopic (exact) mass is 274 g/mol. The number of amides is 1. The third kappa shape index (κ3) is 2.87. The molecule has 0 saturated heterocycles. The Morgan fingerprint density at radius 2 is 2.22 bits per heavy atom. The number of alkyl halides is 2. The van der Waals surface area contributed by atoms with Gasteiger partial charge in [-0.25, -0.2) is 8.78 Å². The van der Waals surface area contributed by atoms with Crippen LogP contribution in [0.15, 0.2) is 0 Å². The summed E-state index contributed by atoms with van der Waals surface area (Å²) in [6.07, 6.45) is -2.55. The van der Waals surface area contributed by atoms with Gasteiger partial charge in [0.15, 0.2) is 0 Å². The normalized spacial score (nSPS) is 10.2. The lowest BCUT2D eigenvalue weighted by Gasteiger charge is -2.08. The first kappa shape index (κ1) is 14.2. The van der Waals surface area contributed by atoms with Crippen LogP contribution in [0.1, 0.15) is 15.2 Å². The number of nitrogens with one attached hydrogen (secondary N) is 1. The molecule has 3 N–H and O–H groups in total. The Morgan fingerprint density at radius 1 is 1.61 bits per heavy atom. The van der Waals surface area contributed by atoms with Crippen molar-refractivity contribution < 1.29 is 13.6 Å². The van der Waals surface area contributed by atoms with E-state index in [1.54, 1.807) is 14.1 Å². The topological polar surface area (TPSA) is 82.2 Å². The summed E-state index contributed by atoms with van der Waals surface area (Å²) in [5, 5.41) is 11.5. The summed E-state index contributed by atoms with van der Waals surface area (Å²) < 4.78 is 24.2. The van der Waals surface area contributed by atoms with Gasteiger partial charge in [0.2, 0.25) is 0 Å². The number of hydrogen-bond acceptors (Lipinski definition) is 5. The van der Waals surface area contributed by atoms with Gasteiger partial charge in [-0.1, -0.05) is 0 Å². The zero-order chi connectivity index (χ0) is 13.9. The van der Waals surface area contributed by atoms with E-state index in [1.165, 1.54) is 4.90 Å². The Labute approximate surface area is 107 Å². The summed E-state index contributed by atoms with van der Waals surface area (Å²) in [6, 6.07) is 1.81. The predicted octanol–water partition coefficient (Wildman–Crippen LogP) is 1.58. The first-order valence-corrected chi connectivity index (χ1v) is 5.76. The van der Waals surface area contributed by atoms with Crippen LogP contribution in [0, 0.1) is 11.3 Å². The third-order valence-corrected chi connectivity index (χ3v) is 3.23. The Kier molecular flexibility index (Phi) is 4.44. The highest BCUT2D eigenvalue weighted by Crippen LogP contribution is 2.35. The summed E-state index contributed by atoms with van der Waals surface area (Å²) in [4.78, 5) is 13.2. The number of anilines is 2. The van der Waals surface area contributed by atoms with E-state index in [-0.39, 0.29) is 27.0 Å². The Bertz CT molecular complexity index is 493. The SMILES string of the molecule is CN(C)C(=O)c1sc(NCC(F)F)c(C#N)c1N. The maximum absolute atomic E-state index is 12.1. The quantitative estimate of drug-likeness (QED) is 0.873. The van der Waals surface area contributed by atoms with Gasteiger partial charge in [0.05, 0.1) is 12.2 Å². The van der Waals surface area contributed by atoms with Crippen LogP contribution >= 0.6 is 11.3 Å². The Hall–Kier alpha value is -1.88. The van der Waals surface area contributed by atoms with Crippen molar-refractivity contribution in [1.29, 1.82) is 5.26 Å². The van der Waals surface area contributed by atoms with Gasteiger partial charge >= 0.3 is 0 Å². The van der Waals surface area contributed by atoms with Crippen molar-refractivity contribution in [3.63, 3.8) is 0 Å². The lowest BCUT2D eigenvalue weighted by Crippen LogP contribution is -2.21. The second kappa shape index (κ2) is 5.64. The summed E-state index contributed by atoms with van der Waals surface area (Å²) in [5.74, 6) is -0.362. The van der Waals surface area contributed by atoms with Crippen molar-refractivity contribution in [3.8, 4) is 6.07 Å². The van der Waals surface area contributed by atoms with Crippen LogP contribution in [0.4, 0.5) is 19.5 Å². The summed E-state index contributed by atoms with van der Waals surface area (Å²) in [5.41, 5.74) is 5.73. The molecule has 1 amide bonds. The highest BCUT2D eigenvalue weighted by atomic mass is 32.1. The van der Waals surface area contributed by atoms with Gasteiger partial charge in [0.1, 0.15) is 21.5 Å². The molecule has 0 aliphatic heterocycles. The lowest BCUT2D eigenvalue weighted by atomic mass is 10.2. The minimum absolute atomic E-state index is 0.0259. The van der Waals surface area contributed by atoms with E-state index < -0.39 is 13.0 Å². The molecule has 0 saturated carbocycles. The van der Waals surface area contributed by atoms with E-state index in [1.807, 2.05) is 6.07 Å². The molecule has 0 fully saturated rings. The van der Waals surface area contributed by atoms with Gasteiger partial charge in [0, 0.05) is 14.1 Å². The molecular formula is C10H12F2N4OS. The van der Waals surface area contributed by atoms with E-state index in [9.17, 15) is 13.6 Å². The average molecular weight is 274 g/mol. The van der Waals surface area contributed by atoms with Crippen molar-refractivity contribution in [2.75, 3.05) is 31.7 Å². The third-order valence-electron chi connectivity index (χ3n) is 2.07. The number of rotatable bonds is 4. The molecule has 8 heteroatoms. The van der Waals surface area contributed by atoms with Gasteiger partial charge in [-0.3, -0.25) is 4.79 Å². The first-order chi connectivity index (χ1) is 8.38. The molecule has 1 rings (SSSR count). The first-order valence-electron chi connectivity index (χ1n) is 4.94. The number of nitrogen functional groups attached to an aromatic ring is 1. The number of nitrogens with zero attached hydrogens (tertiary/aromatic N) is 2. The van der Waals surface area contributed by atoms with Crippen molar-refractivity contribution in [3.05, 3.63) is 10.4 Å². The Balaban J connectivity index is 3.10. The van der Waals surface area contributed by atoms with Crippen LogP contribution < -0.4 is 11.1 Å². The van der Waals surface area contributed by atoms with Crippen LogP contribution in [0.5, 0.6) is 0 Å². The van der Waals surface area contributed by atoms with Crippen molar-refractivity contribution >= 4 is 27.9 Å². The fourth-order valence-corrected chi connectivity index (χ4v) is 2.31. The second-order valence-electron chi connectivity index (χ2n) is 3.63. The number of nitriles is 1. The molecule has 0 aliphatic carbocycles. The fraction of sp³-hybridized carbons (Fsp3) is 0.400. The van der Waals surface area contributed by atoms with Crippen LogP contribution in [0.3, 0.4) is 0 Å². The van der Waals surface area contributed by atoms with Crippen molar-refractivity contribution in [2.45, 2.75) is 6.43 Å². The lowest BCUT2D eigenvalue weighted by molar-refractivity contribution is 0.0833. The smallest absolute Gasteiger partial charge is 0.265 e. The van der Waals surface area contributed by atoms with Gasteiger partial charge in [-0.05, 0) is 0 Å². The van der Waals surface area contributed by atoms with Crippen LogP contribution in [-0.2, 0) is 0 Å². The maximum atomic E-state index is 12.1. The molecule has 1 aromatic heterocycles. The van der Waals surface area contributed by atoms with E-state index in [2.05, 4.69) is 5.32 Å². The van der Waals surface area contributed by atoms with Crippen molar-refractivity contribution in [1.82, 2.24) is 4.90 Å². The number of carbonyl (C=O) groups excluding carboxylic acids is 1. The highest BCUT2D eigenvalue weighted by molar-refractivity contribution is 7.18. The molecule has 0 atom stereocenters. The molecule has 0 spiro atoms. The molecular weight excluding hydrogens is 262 g/mol. The van der Waals surface area contributed by atoms with E-state index in [0.29, 0.717) is 0 Å². The molecule has 98 valence electrons. The van der Waals surface area contributed by atoms with Gasteiger partial charge < -0.3 is 16.0 Å². The molecule has 0 aliphatic rings. The molecule has 0 radical (unpaired) electrons. The summed E-state index contributed by atoms with van der Waals surface area (Å²) in [7, 11) is 3.08.